The van der Waals surface area contributed by atoms with Gasteiger partial charge in [0.25, 0.3) is 0 Å². The largest absolute Gasteiger partial charge is 0.497 e. The fraction of sp³-hybridized carbons (Fsp3) is 0.600. The van der Waals surface area contributed by atoms with Crippen LogP contribution in [0.25, 0.3) is 0 Å². The Bertz CT molecular complexity index is 348. The minimum Gasteiger partial charge on any atom is -0.497 e. The van der Waals surface area contributed by atoms with E-state index in [0.29, 0.717) is 6.61 Å². The van der Waals surface area contributed by atoms with Gasteiger partial charge in [0.1, 0.15) is 18.1 Å². The molecule has 0 aromatic heterocycles. The molecule has 1 unspecified atom stereocenters. The van der Waals surface area contributed by atoms with Gasteiger partial charge in [0.2, 0.25) is 0 Å². The number of rotatable bonds is 7. The first-order valence-corrected chi connectivity index (χ1v) is 7.07. The van der Waals surface area contributed by atoms with Crippen molar-refractivity contribution in [2.75, 3.05) is 39.9 Å². The predicted molar refractivity (Wildman–Crippen MR) is 77.0 cm³/mol. The van der Waals surface area contributed by atoms with Crippen LogP contribution in [0.5, 0.6) is 11.5 Å². The van der Waals surface area contributed by atoms with Crippen molar-refractivity contribution in [1.29, 1.82) is 0 Å². The third-order valence-corrected chi connectivity index (χ3v) is 3.44. The van der Waals surface area contributed by atoms with Gasteiger partial charge in [-0.05, 0) is 62.7 Å². The summed E-state index contributed by atoms with van der Waals surface area (Å²) < 4.78 is 10.8. The normalized spacial score (nSPS) is 19.1. The third kappa shape index (κ3) is 5.09. The molecule has 0 amide bonds. The number of hydrogen-bond donors (Lipinski definition) is 2. The summed E-state index contributed by atoms with van der Waals surface area (Å²) in [5, 5.41) is 6.89. The van der Waals surface area contributed by atoms with Gasteiger partial charge in [-0.15, -0.1) is 0 Å². The summed E-state index contributed by atoms with van der Waals surface area (Å²) in [5.74, 6) is 2.52. The summed E-state index contributed by atoms with van der Waals surface area (Å²) in [5.41, 5.74) is 0. The molecule has 1 aromatic rings. The molecule has 0 aliphatic carbocycles. The average Bonchev–Trinajstić information content (AvgIpc) is 2.49. The molecule has 2 rings (SSSR count). The molecular weight excluding hydrogens is 240 g/mol. The number of hydrogen-bond acceptors (Lipinski definition) is 4. The van der Waals surface area contributed by atoms with E-state index in [1.165, 1.54) is 19.4 Å². The zero-order valence-electron chi connectivity index (χ0n) is 11.7. The summed E-state index contributed by atoms with van der Waals surface area (Å²) in [6.07, 6.45) is 2.63. The van der Waals surface area contributed by atoms with Gasteiger partial charge in [-0.25, -0.2) is 0 Å². The maximum absolute atomic E-state index is 5.66. The maximum Gasteiger partial charge on any atom is 0.119 e. The molecule has 0 spiro atoms. The van der Waals surface area contributed by atoms with Crippen LogP contribution in [0.2, 0.25) is 0 Å². The van der Waals surface area contributed by atoms with E-state index in [0.717, 1.165) is 37.1 Å². The van der Waals surface area contributed by atoms with Crippen molar-refractivity contribution in [2.45, 2.75) is 12.8 Å². The van der Waals surface area contributed by atoms with Crippen molar-refractivity contribution >= 4 is 0 Å². The van der Waals surface area contributed by atoms with Gasteiger partial charge >= 0.3 is 0 Å². The van der Waals surface area contributed by atoms with Gasteiger partial charge in [0.05, 0.1) is 7.11 Å². The molecule has 1 fully saturated rings. The molecule has 1 aromatic carbocycles. The van der Waals surface area contributed by atoms with Crippen molar-refractivity contribution in [1.82, 2.24) is 10.6 Å². The van der Waals surface area contributed by atoms with Crippen LogP contribution in [-0.2, 0) is 0 Å². The van der Waals surface area contributed by atoms with Gasteiger partial charge in [-0.1, -0.05) is 0 Å². The topological polar surface area (TPSA) is 42.5 Å². The summed E-state index contributed by atoms with van der Waals surface area (Å²) in [6, 6.07) is 7.70. The van der Waals surface area contributed by atoms with E-state index in [2.05, 4.69) is 10.6 Å². The van der Waals surface area contributed by atoms with Gasteiger partial charge < -0.3 is 20.1 Å². The van der Waals surface area contributed by atoms with E-state index in [-0.39, 0.29) is 0 Å². The van der Waals surface area contributed by atoms with Crippen LogP contribution in [0.1, 0.15) is 12.8 Å². The molecule has 1 saturated heterocycles. The lowest BCUT2D eigenvalue weighted by Gasteiger charge is -2.22. The molecule has 4 heteroatoms. The van der Waals surface area contributed by atoms with Gasteiger partial charge in [-0.3, -0.25) is 0 Å². The SMILES string of the molecule is COc1ccc(OCCNCC2CCCNC2)cc1. The lowest BCUT2D eigenvalue weighted by molar-refractivity contribution is 0.298. The number of benzene rings is 1. The lowest BCUT2D eigenvalue weighted by Crippen LogP contribution is -2.37. The van der Waals surface area contributed by atoms with E-state index in [1.54, 1.807) is 7.11 Å². The average molecular weight is 264 g/mol. The summed E-state index contributed by atoms with van der Waals surface area (Å²) in [4.78, 5) is 0. The van der Waals surface area contributed by atoms with Crippen molar-refractivity contribution < 1.29 is 9.47 Å². The molecule has 0 radical (unpaired) electrons. The minimum absolute atomic E-state index is 0.701. The molecule has 1 atom stereocenters. The standard InChI is InChI=1S/C15H24N2O2/c1-18-14-4-6-15(7-5-14)19-10-9-17-12-13-3-2-8-16-11-13/h4-7,13,16-17H,2-3,8-12H2,1H3. The van der Waals surface area contributed by atoms with E-state index in [4.69, 9.17) is 9.47 Å². The quantitative estimate of drug-likeness (QED) is 0.735. The summed E-state index contributed by atoms with van der Waals surface area (Å²) >= 11 is 0. The first kappa shape index (κ1) is 14.2. The molecule has 106 valence electrons. The summed E-state index contributed by atoms with van der Waals surface area (Å²) in [7, 11) is 1.67. The lowest BCUT2D eigenvalue weighted by atomic mass is 10.00. The predicted octanol–water partition coefficient (Wildman–Crippen LogP) is 1.66. The monoisotopic (exact) mass is 264 g/mol. The van der Waals surface area contributed by atoms with Crippen molar-refractivity contribution in [3.05, 3.63) is 24.3 Å². The molecular formula is C15H24N2O2. The smallest absolute Gasteiger partial charge is 0.119 e. The second kappa shape index (κ2) is 8.02. The highest BCUT2D eigenvalue weighted by Gasteiger charge is 2.11. The van der Waals surface area contributed by atoms with Gasteiger partial charge in [0.15, 0.2) is 0 Å². The second-order valence-electron chi connectivity index (χ2n) is 4.94. The Morgan fingerprint density at radius 3 is 2.74 bits per heavy atom. The first-order chi connectivity index (χ1) is 9.38. The van der Waals surface area contributed by atoms with Crippen molar-refractivity contribution in [3.8, 4) is 11.5 Å². The fourth-order valence-corrected chi connectivity index (χ4v) is 2.32. The molecule has 4 nitrogen and oxygen atoms in total. The Labute approximate surface area is 115 Å². The number of nitrogens with one attached hydrogen (secondary N) is 2. The van der Waals surface area contributed by atoms with E-state index in [1.807, 2.05) is 24.3 Å². The Morgan fingerprint density at radius 2 is 2.05 bits per heavy atom. The molecule has 2 N–H and O–H groups in total. The number of ether oxygens (including phenoxy) is 2. The van der Waals surface area contributed by atoms with Crippen LogP contribution >= 0.6 is 0 Å². The molecule has 19 heavy (non-hydrogen) atoms. The highest BCUT2D eigenvalue weighted by Crippen LogP contribution is 2.16. The van der Waals surface area contributed by atoms with Gasteiger partial charge in [-0.2, -0.15) is 0 Å². The Hall–Kier alpha value is -1.26. The minimum atomic E-state index is 0.701. The van der Waals surface area contributed by atoms with Crippen LogP contribution in [0, 0.1) is 5.92 Å². The second-order valence-corrected chi connectivity index (χ2v) is 4.94. The number of piperidine rings is 1. The van der Waals surface area contributed by atoms with Gasteiger partial charge in [0, 0.05) is 6.54 Å². The highest BCUT2D eigenvalue weighted by molar-refractivity contribution is 5.31. The van der Waals surface area contributed by atoms with Crippen LogP contribution in [0.3, 0.4) is 0 Å². The fourth-order valence-electron chi connectivity index (χ4n) is 2.32. The highest BCUT2D eigenvalue weighted by atomic mass is 16.5. The Balaban J connectivity index is 1.55. The maximum atomic E-state index is 5.66. The first-order valence-electron chi connectivity index (χ1n) is 7.07. The third-order valence-electron chi connectivity index (χ3n) is 3.44. The van der Waals surface area contributed by atoms with E-state index >= 15 is 0 Å². The van der Waals surface area contributed by atoms with Crippen molar-refractivity contribution in [2.24, 2.45) is 5.92 Å². The zero-order valence-corrected chi connectivity index (χ0v) is 11.7. The van der Waals surface area contributed by atoms with E-state index in [9.17, 15) is 0 Å². The van der Waals surface area contributed by atoms with Crippen LogP contribution in [-0.4, -0.2) is 39.9 Å². The Kier molecular flexibility index (Phi) is 5.98. The number of methoxy groups -OCH3 is 1. The van der Waals surface area contributed by atoms with Crippen LogP contribution in [0.15, 0.2) is 24.3 Å². The van der Waals surface area contributed by atoms with Crippen LogP contribution in [0.4, 0.5) is 0 Å². The molecule has 1 aliphatic rings. The summed E-state index contributed by atoms with van der Waals surface area (Å²) in [6.45, 7) is 5.00. The molecule has 1 aliphatic heterocycles. The Morgan fingerprint density at radius 1 is 1.26 bits per heavy atom. The zero-order chi connectivity index (χ0) is 13.3. The van der Waals surface area contributed by atoms with Crippen LogP contribution < -0.4 is 20.1 Å². The van der Waals surface area contributed by atoms with E-state index < -0.39 is 0 Å². The molecule has 1 heterocycles. The molecule has 0 bridgehead atoms. The van der Waals surface area contributed by atoms with Crippen molar-refractivity contribution in [3.63, 3.8) is 0 Å². The molecule has 0 saturated carbocycles.